The van der Waals surface area contributed by atoms with Crippen LogP contribution in [0.4, 0.5) is 10.3 Å². The molecule has 3 aromatic heterocycles. The van der Waals surface area contributed by atoms with E-state index in [0.717, 1.165) is 42.8 Å². The maximum Gasteiger partial charge on any atom is 0.261 e. The monoisotopic (exact) mass is 488 g/mol. The molecule has 4 aromatic rings. The third kappa shape index (κ3) is 3.13. The van der Waals surface area contributed by atoms with Crippen LogP contribution in [-0.4, -0.2) is 63.9 Å². The molecule has 7 rings (SSSR count). The fraction of sp³-hybridized carbons (Fsp3) is 0.280. The fourth-order valence-corrected chi connectivity index (χ4v) is 6.48. The van der Waals surface area contributed by atoms with E-state index < -0.39 is 17.6 Å². The number of benzene rings is 1. The third-order valence-electron chi connectivity index (χ3n) is 7.25. The zero-order chi connectivity index (χ0) is 23.7. The molecule has 6 heterocycles. The molecule has 3 aliphatic rings. The van der Waals surface area contributed by atoms with Gasteiger partial charge in [0.15, 0.2) is 0 Å². The highest BCUT2D eigenvalue weighted by atomic mass is 32.1. The van der Waals surface area contributed by atoms with Crippen molar-refractivity contribution < 1.29 is 14.0 Å². The Morgan fingerprint density at radius 1 is 1.06 bits per heavy atom. The minimum atomic E-state index is -0.578. The second-order valence-corrected chi connectivity index (χ2v) is 10.1. The summed E-state index contributed by atoms with van der Waals surface area (Å²) in [7, 11) is 0. The highest BCUT2D eigenvalue weighted by Crippen LogP contribution is 2.39. The van der Waals surface area contributed by atoms with E-state index in [2.05, 4.69) is 20.1 Å². The largest absolute Gasteiger partial charge is 0.360 e. The Balaban J connectivity index is 1.46. The number of carbonyl (C=O) groups excluding carboxylic acids is 2. The number of rotatable bonds is 3. The molecule has 2 fully saturated rings. The normalized spacial score (nSPS) is 20.9. The zero-order valence-corrected chi connectivity index (χ0v) is 19.5. The molecule has 10 heteroatoms. The van der Waals surface area contributed by atoms with Crippen molar-refractivity contribution in [3.05, 3.63) is 52.9 Å². The number of imide groups is 1. The van der Waals surface area contributed by atoms with Crippen molar-refractivity contribution >= 4 is 61.4 Å². The standard InChI is InChI=1S/C25H21FN6O2S/c26-15-4-1-5-16-19(15)21(29-25(28-16)32-9-8-31-7-2-3-13(31)12-32)20-18(23(33)30-24(20)34)14-11-27-17-6-10-35-22(14)17/h1,4-6,10-11,13,27H,2-3,7-9,12H2,(H,30,33,34)/t13-/m1/s1. The van der Waals surface area contributed by atoms with Crippen LogP contribution >= 0.6 is 11.3 Å². The lowest BCUT2D eigenvalue weighted by Crippen LogP contribution is -2.50. The molecular weight excluding hydrogens is 467 g/mol. The summed E-state index contributed by atoms with van der Waals surface area (Å²) < 4.78 is 16.1. The summed E-state index contributed by atoms with van der Waals surface area (Å²) in [6, 6.07) is 7.01. The van der Waals surface area contributed by atoms with Gasteiger partial charge in [0.25, 0.3) is 11.8 Å². The average molecular weight is 489 g/mol. The van der Waals surface area contributed by atoms with Crippen molar-refractivity contribution in [2.45, 2.75) is 18.9 Å². The minimum absolute atomic E-state index is 0.0857. The topological polar surface area (TPSA) is 94.2 Å². The van der Waals surface area contributed by atoms with Gasteiger partial charge in [0.05, 0.1) is 38.0 Å². The maximum absolute atomic E-state index is 15.2. The first-order chi connectivity index (χ1) is 17.1. The SMILES string of the molecule is O=C1NC(=O)C(c2nc(N3CCN4CCC[C@@H]4C3)nc3cccc(F)c23)=C1c1c[nH]c2ccsc12. The molecule has 1 aromatic carbocycles. The van der Waals surface area contributed by atoms with Gasteiger partial charge >= 0.3 is 0 Å². The first-order valence-electron chi connectivity index (χ1n) is 11.7. The van der Waals surface area contributed by atoms with Crippen molar-refractivity contribution in [1.29, 1.82) is 0 Å². The molecule has 1 atom stereocenters. The molecule has 2 N–H and O–H groups in total. The molecule has 0 aliphatic carbocycles. The number of amides is 2. The van der Waals surface area contributed by atoms with E-state index in [0.29, 0.717) is 23.1 Å². The highest BCUT2D eigenvalue weighted by molar-refractivity contribution is 7.17. The third-order valence-corrected chi connectivity index (χ3v) is 8.20. The summed E-state index contributed by atoms with van der Waals surface area (Å²) in [6.07, 6.45) is 4.02. The lowest BCUT2D eigenvalue weighted by molar-refractivity contribution is -0.122. The quantitative estimate of drug-likeness (QED) is 0.431. The first-order valence-corrected chi connectivity index (χ1v) is 12.6. The summed E-state index contributed by atoms with van der Waals surface area (Å²) in [4.78, 5) is 43.4. The summed E-state index contributed by atoms with van der Waals surface area (Å²) in [6.45, 7) is 3.56. The summed E-state index contributed by atoms with van der Waals surface area (Å²) in [5.74, 6) is -1.16. The lowest BCUT2D eigenvalue weighted by Gasteiger charge is -2.37. The molecule has 0 spiro atoms. The van der Waals surface area contributed by atoms with Crippen LogP contribution in [0.1, 0.15) is 24.1 Å². The summed E-state index contributed by atoms with van der Waals surface area (Å²) in [5, 5.41) is 4.47. The summed E-state index contributed by atoms with van der Waals surface area (Å²) >= 11 is 1.47. The van der Waals surface area contributed by atoms with Gasteiger partial charge < -0.3 is 9.88 Å². The smallest absolute Gasteiger partial charge is 0.261 e. The van der Waals surface area contributed by atoms with Gasteiger partial charge in [-0.3, -0.25) is 19.8 Å². The Bertz CT molecular complexity index is 1570. The number of aromatic nitrogens is 3. The molecule has 8 nitrogen and oxygen atoms in total. The molecular formula is C25H21FN6O2S. The molecule has 3 aliphatic heterocycles. The maximum atomic E-state index is 15.2. The Morgan fingerprint density at radius 3 is 2.86 bits per heavy atom. The fourth-order valence-electron chi connectivity index (χ4n) is 5.59. The second kappa shape index (κ2) is 7.69. The molecule has 0 unspecified atom stereocenters. The number of halogens is 1. The number of fused-ring (bicyclic) bond motifs is 3. The lowest BCUT2D eigenvalue weighted by atomic mass is 9.98. The molecule has 0 saturated carbocycles. The van der Waals surface area contributed by atoms with Crippen molar-refractivity contribution in [2.24, 2.45) is 0 Å². The number of piperazine rings is 1. The molecule has 0 radical (unpaired) electrons. The van der Waals surface area contributed by atoms with Gasteiger partial charge in [-0.15, -0.1) is 11.3 Å². The minimum Gasteiger partial charge on any atom is -0.360 e. The van der Waals surface area contributed by atoms with Crippen LogP contribution in [0.5, 0.6) is 0 Å². The number of nitrogens with one attached hydrogen (secondary N) is 2. The molecule has 2 saturated heterocycles. The van der Waals surface area contributed by atoms with E-state index in [-0.39, 0.29) is 22.2 Å². The number of thiophene rings is 1. The number of aromatic amines is 1. The number of hydrogen-bond donors (Lipinski definition) is 2. The van der Waals surface area contributed by atoms with Crippen LogP contribution in [0.3, 0.4) is 0 Å². The van der Waals surface area contributed by atoms with Crippen LogP contribution in [0.2, 0.25) is 0 Å². The predicted octanol–water partition coefficient (Wildman–Crippen LogP) is 3.16. The van der Waals surface area contributed by atoms with Crippen LogP contribution < -0.4 is 10.2 Å². The van der Waals surface area contributed by atoms with Gasteiger partial charge in [-0.1, -0.05) is 6.07 Å². The Kier molecular flexibility index (Phi) is 4.55. The first kappa shape index (κ1) is 20.7. The zero-order valence-electron chi connectivity index (χ0n) is 18.7. The molecule has 176 valence electrons. The number of anilines is 1. The Labute approximate surface area is 203 Å². The summed E-state index contributed by atoms with van der Waals surface area (Å²) in [5.41, 5.74) is 2.34. The van der Waals surface area contributed by atoms with Crippen LogP contribution in [0, 0.1) is 5.82 Å². The van der Waals surface area contributed by atoms with Crippen molar-refractivity contribution in [3.63, 3.8) is 0 Å². The van der Waals surface area contributed by atoms with E-state index in [4.69, 9.17) is 9.97 Å². The van der Waals surface area contributed by atoms with Gasteiger partial charge in [-0.2, -0.15) is 0 Å². The predicted molar refractivity (Wildman–Crippen MR) is 132 cm³/mol. The second-order valence-electron chi connectivity index (χ2n) is 9.18. The Morgan fingerprint density at radius 2 is 1.94 bits per heavy atom. The molecule has 35 heavy (non-hydrogen) atoms. The molecule has 2 amide bonds. The van der Waals surface area contributed by atoms with E-state index in [1.165, 1.54) is 23.8 Å². The van der Waals surface area contributed by atoms with E-state index >= 15 is 4.39 Å². The van der Waals surface area contributed by atoms with Gasteiger partial charge in [0.2, 0.25) is 5.95 Å². The average Bonchev–Trinajstić information content (AvgIpc) is 3.62. The number of H-pyrrole nitrogens is 1. The highest BCUT2D eigenvalue weighted by Gasteiger charge is 2.37. The van der Waals surface area contributed by atoms with Crippen molar-refractivity contribution in [3.8, 4) is 0 Å². The van der Waals surface area contributed by atoms with Gasteiger partial charge in [-0.05, 0) is 43.0 Å². The molecule has 0 bridgehead atoms. The van der Waals surface area contributed by atoms with Crippen LogP contribution in [0.25, 0.3) is 32.3 Å². The van der Waals surface area contributed by atoms with Crippen molar-refractivity contribution in [1.82, 2.24) is 25.2 Å². The van der Waals surface area contributed by atoms with E-state index in [1.54, 1.807) is 18.3 Å². The van der Waals surface area contributed by atoms with Crippen LogP contribution in [0.15, 0.2) is 35.8 Å². The van der Waals surface area contributed by atoms with Crippen molar-refractivity contribution in [2.75, 3.05) is 31.1 Å². The number of hydrogen-bond acceptors (Lipinski definition) is 7. The van der Waals surface area contributed by atoms with Crippen LogP contribution in [-0.2, 0) is 9.59 Å². The van der Waals surface area contributed by atoms with Gasteiger partial charge in [-0.25, -0.2) is 14.4 Å². The number of carbonyl (C=O) groups is 2. The van der Waals surface area contributed by atoms with Gasteiger partial charge in [0.1, 0.15) is 5.82 Å². The van der Waals surface area contributed by atoms with Gasteiger partial charge in [0, 0.05) is 37.4 Å². The Hall–Kier alpha value is -3.63. The van der Waals surface area contributed by atoms with E-state index in [1.807, 2.05) is 11.4 Å². The number of nitrogens with zero attached hydrogens (tertiary/aromatic N) is 4. The van der Waals surface area contributed by atoms with E-state index in [9.17, 15) is 9.59 Å².